The molecule has 0 radical (unpaired) electrons. The van der Waals surface area contributed by atoms with E-state index in [4.69, 9.17) is 21.1 Å². The highest BCUT2D eigenvalue weighted by atomic mass is 79.9. The van der Waals surface area contributed by atoms with Crippen LogP contribution in [0.4, 0.5) is 0 Å². The van der Waals surface area contributed by atoms with Crippen molar-refractivity contribution < 1.29 is 9.47 Å². The zero-order valence-electron chi connectivity index (χ0n) is 8.17. The van der Waals surface area contributed by atoms with Gasteiger partial charge < -0.3 is 9.47 Å². The molecule has 1 unspecified atom stereocenters. The zero-order valence-corrected chi connectivity index (χ0v) is 10.5. The van der Waals surface area contributed by atoms with Gasteiger partial charge in [0.05, 0.1) is 11.1 Å². The number of benzene rings is 1. The highest BCUT2D eigenvalue weighted by molar-refractivity contribution is 9.10. The minimum Gasteiger partial charge on any atom is -0.460 e. The van der Waals surface area contributed by atoms with Crippen molar-refractivity contribution in [3.8, 4) is 5.75 Å². The molecular weight excluding hydrogens is 279 g/mol. The van der Waals surface area contributed by atoms with Crippen LogP contribution < -0.4 is 4.74 Å². The number of fused-ring (bicyclic) bond motifs is 1. The first-order valence-corrected chi connectivity index (χ1v) is 5.77. The topological polar surface area (TPSA) is 18.5 Å². The summed E-state index contributed by atoms with van der Waals surface area (Å²) in [6.45, 7) is 2.45. The van der Waals surface area contributed by atoms with Gasteiger partial charge in [0.15, 0.2) is 0 Å². The molecule has 1 aromatic rings. The number of ether oxygens (including phenoxy) is 2. The fourth-order valence-electron chi connectivity index (χ4n) is 1.43. The van der Waals surface area contributed by atoms with Gasteiger partial charge in [-0.3, -0.25) is 0 Å². The highest BCUT2D eigenvalue weighted by Gasteiger charge is 2.20. The van der Waals surface area contributed by atoms with Crippen molar-refractivity contribution in [2.45, 2.75) is 19.8 Å². The molecule has 0 spiro atoms. The van der Waals surface area contributed by atoms with Crippen LogP contribution in [0.15, 0.2) is 28.8 Å². The standard InChI is InChI=1S/C11H10BrClO2/c1-2-3-10-14-6-7-4-8(13)5-9(12)11(7)15-10/h2-5,10H,6H2,1H3. The first-order chi connectivity index (χ1) is 7.20. The van der Waals surface area contributed by atoms with Crippen LogP contribution in [0.1, 0.15) is 12.5 Å². The predicted octanol–water partition coefficient (Wildman–Crippen LogP) is 3.91. The van der Waals surface area contributed by atoms with Gasteiger partial charge in [0.2, 0.25) is 6.29 Å². The van der Waals surface area contributed by atoms with E-state index < -0.39 is 0 Å². The largest absolute Gasteiger partial charge is 0.460 e. The number of rotatable bonds is 1. The van der Waals surface area contributed by atoms with E-state index in [0.717, 1.165) is 15.8 Å². The Balaban J connectivity index is 2.33. The van der Waals surface area contributed by atoms with E-state index in [1.807, 2.05) is 31.2 Å². The average Bonchev–Trinajstić information content (AvgIpc) is 2.19. The lowest BCUT2D eigenvalue weighted by Gasteiger charge is -2.25. The van der Waals surface area contributed by atoms with E-state index in [9.17, 15) is 0 Å². The lowest BCUT2D eigenvalue weighted by molar-refractivity contribution is -0.0753. The molecule has 1 heterocycles. The van der Waals surface area contributed by atoms with Crippen LogP contribution in [0.25, 0.3) is 0 Å². The molecule has 2 rings (SSSR count). The molecule has 1 aliphatic heterocycles. The van der Waals surface area contributed by atoms with Gasteiger partial charge in [-0.25, -0.2) is 0 Å². The second-order valence-electron chi connectivity index (χ2n) is 3.20. The van der Waals surface area contributed by atoms with Gasteiger partial charge in [0, 0.05) is 10.6 Å². The summed E-state index contributed by atoms with van der Waals surface area (Å²) in [5.41, 5.74) is 0.968. The monoisotopic (exact) mass is 288 g/mol. The number of hydrogen-bond donors (Lipinski definition) is 0. The van der Waals surface area contributed by atoms with E-state index in [1.54, 1.807) is 0 Å². The Morgan fingerprint density at radius 1 is 1.53 bits per heavy atom. The third-order valence-electron chi connectivity index (χ3n) is 2.07. The molecule has 0 saturated heterocycles. The number of halogens is 2. The van der Waals surface area contributed by atoms with Crippen LogP contribution in [0.3, 0.4) is 0 Å². The van der Waals surface area contributed by atoms with E-state index in [1.165, 1.54) is 0 Å². The maximum Gasteiger partial charge on any atom is 0.220 e. The summed E-state index contributed by atoms with van der Waals surface area (Å²) in [7, 11) is 0. The predicted molar refractivity (Wildman–Crippen MR) is 63.2 cm³/mol. The molecular formula is C11H10BrClO2. The van der Waals surface area contributed by atoms with Crippen molar-refractivity contribution in [2.75, 3.05) is 0 Å². The Bertz CT molecular complexity index is 404. The van der Waals surface area contributed by atoms with E-state index in [2.05, 4.69) is 15.9 Å². The molecule has 0 amide bonds. The summed E-state index contributed by atoms with van der Waals surface area (Å²) in [5, 5.41) is 0.678. The lowest BCUT2D eigenvalue weighted by atomic mass is 10.2. The third kappa shape index (κ3) is 2.36. The maximum atomic E-state index is 5.92. The summed E-state index contributed by atoms with van der Waals surface area (Å²) in [6, 6.07) is 3.67. The number of allylic oxidation sites excluding steroid dienone is 1. The summed E-state index contributed by atoms with van der Waals surface area (Å²) >= 11 is 9.35. The Labute approximate surface area is 102 Å². The van der Waals surface area contributed by atoms with Crippen LogP contribution in [-0.4, -0.2) is 6.29 Å². The zero-order chi connectivity index (χ0) is 10.8. The Kier molecular flexibility index (Phi) is 3.34. The average molecular weight is 290 g/mol. The quantitative estimate of drug-likeness (QED) is 0.730. The Morgan fingerprint density at radius 3 is 3.07 bits per heavy atom. The fourth-order valence-corrected chi connectivity index (χ4v) is 2.39. The molecule has 1 aromatic carbocycles. The van der Waals surface area contributed by atoms with Crippen LogP contribution in [0.2, 0.25) is 5.02 Å². The van der Waals surface area contributed by atoms with Crippen molar-refractivity contribution in [1.82, 2.24) is 0 Å². The number of hydrogen-bond acceptors (Lipinski definition) is 2. The van der Waals surface area contributed by atoms with E-state index in [0.29, 0.717) is 11.6 Å². The first kappa shape index (κ1) is 11.0. The van der Waals surface area contributed by atoms with Crippen LogP contribution in [0, 0.1) is 0 Å². The molecule has 0 aromatic heterocycles. The van der Waals surface area contributed by atoms with Gasteiger partial charge in [-0.1, -0.05) is 17.7 Å². The van der Waals surface area contributed by atoms with Crippen LogP contribution in [-0.2, 0) is 11.3 Å². The normalized spacial score (nSPS) is 20.1. The minimum atomic E-state index is -0.306. The molecule has 0 N–H and O–H groups in total. The Hall–Kier alpha value is -0.510. The molecule has 0 fully saturated rings. The highest BCUT2D eigenvalue weighted by Crippen LogP contribution is 2.36. The first-order valence-electron chi connectivity index (χ1n) is 4.59. The lowest BCUT2D eigenvalue weighted by Crippen LogP contribution is -2.23. The van der Waals surface area contributed by atoms with E-state index in [-0.39, 0.29) is 6.29 Å². The molecule has 0 aliphatic carbocycles. The minimum absolute atomic E-state index is 0.306. The van der Waals surface area contributed by atoms with E-state index >= 15 is 0 Å². The van der Waals surface area contributed by atoms with Crippen molar-refractivity contribution in [1.29, 1.82) is 0 Å². The van der Waals surface area contributed by atoms with Crippen molar-refractivity contribution in [3.63, 3.8) is 0 Å². The molecule has 1 aliphatic rings. The van der Waals surface area contributed by atoms with Crippen molar-refractivity contribution in [2.24, 2.45) is 0 Å². The Morgan fingerprint density at radius 2 is 2.33 bits per heavy atom. The van der Waals surface area contributed by atoms with Gasteiger partial charge in [0.1, 0.15) is 5.75 Å². The smallest absolute Gasteiger partial charge is 0.220 e. The van der Waals surface area contributed by atoms with Crippen LogP contribution >= 0.6 is 27.5 Å². The molecule has 0 saturated carbocycles. The van der Waals surface area contributed by atoms with Gasteiger partial charge in [-0.05, 0) is 41.1 Å². The summed E-state index contributed by atoms with van der Waals surface area (Å²) in [4.78, 5) is 0. The summed E-state index contributed by atoms with van der Waals surface area (Å²) in [5.74, 6) is 0.814. The van der Waals surface area contributed by atoms with Crippen LogP contribution in [0.5, 0.6) is 5.75 Å². The molecule has 15 heavy (non-hydrogen) atoms. The van der Waals surface area contributed by atoms with Gasteiger partial charge in [-0.15, -0.1) is 0 Å². The molecule has 0 bridgehead atoms. The van der Waals surface area contributed by atoms with Crippen molar-refractivity contribution in [3.05, 3.63) is 39.3 Å². The second-order valence-corrected chi connectivity index (χ2v) is 4.49. The van der Waals surface area contributed by atoms with Crippen molar-refractivity contribution >= 4 is 27.5 Å². The second kappa shape index (κ2) is 4.56. The summed E-state index contributed by atoms with van der Waals surface area (Å²) in [6.07, 6.45) is 3.46. The van der Waals surface area contributed by atoms with Gasteiger partial charge in [-0.2, -0.15) is 0 Å². The van der Waals surface area contributed by atoms with Gasteiger partial charge >= 0.3 is 0 Å². The molecule has 80 valence electrons. The third-order valence-corrected chi connectivity index (χ3v) is 2.88. The SMILES string of the molecule is CC=CC1OCc2cc(Cl)cc(Br)c2O1. The summed E-state index contributed by atoms with van der Waals surface area (Å²) < 4.78 is 12.0. The molecule has 4 heteroatoms. The van der Waals surface area contributed by atoms with Gasteiger partial charge in [0.25, 0.3) is 0 Å². The maximum absolute atomic E-state index is 5.92. The molecule has 1 atom stereocenters. The molecule has 2 nitrogen and oxygen atoms in total. The fraction of sp³-hybridized carbons (Fsp3) is 0.273.